The van der Waals surface area contributed by atoms with Crippen LogP contribution in [-0.4, -0.2) is 10.0 Å². The summed E-state index contributed by atoms with van der Waals surface area (Å²) in [6.45, 7) is 0. The minimum atomic E-state index is 0. The van der Waals surface area contributed by atoms with Crippen LogP contribution in [0.25, 0.3) is 6.08 Å². The maximum absolute atomic E-state index is 8.81. The minimum Gasteiger partial charge on any atom is -0.397 e. The van der Waals surface area contributed by atoms with Crippen molar-refractivity contribution in [3.05, 3.63) is 46.3 Å². The maximum atomic E-state index is 8.81. The van der Waals surface area contributed by atoms with Crippen LogP contribution in [0.1, 0.15) is 5.56 Å². The van der Waals surface area contributed by atoms with Crippen LogP contribution < -0.4 is 5.73 Å². The van der Waals surface area contributed by atoms with Gasteiger partial charge in [0.05, 0.1) is 5.70 Å². The highest BCUT2D eigenvalue weighted by molar-refractivity contribution is 8.18. The highest BCUT2D eigenvalue weighted by Crippen LogP contribution is 2.35. The van der Waals surface area contributed by atoms with Gasteiger partial charge in [0.15, 0.2) is 0 Å². The maximum Gasteiger partial charge on any atom is 0.112 e. The lowest BCUT2D eigenvalue weighted by molar-refractivity contribution is 1.31. The summed E-state index contributed by atoms with van der Waals surface area (Å²) >= 11 is 1.20. The van der Waals surface area contributed by atoms with Gasteiger partial charge >= 0.3 is 0 Å². The van der Waals surface area contributed by atoms with Crippen LogP contribution in [0.3, 0.4) is 0 Å². The molecule has 6 heteroatoms. The van der Waals surface area contributed by atoms with E-state index in [2.05, 4.69) is 4.98 Å². The monoisotopic (exact) mass is 264 g/mol. The predicted octanol–water partition coefficient (Wildman–Crippen LogP) is 2.30. The fourth-order valence-electron chi connectivity index (χ4n) is 1.29. The molecule has 1 aliphatic heterocycles. The summed E-state index contributed by atoms with van der Waals surface area (Å²) in [4.78, 5) is 4.71. The van der Waals surface area contributed by atoms with Gasteiger partial charge in [0.1, 0.15) is 16.7 Å². The lowest BCUT2D eigenvalue weighted by Gasteiger charge is -1.97. The van der Waals surface area contributed by atoms with Crippen molar-refractivity contribution in [1.29, 1.82) is 10.7 Å². The Morgan fingerprint density at radius 1 is 1.53 bits per heavy atom. The number of hydrogen-bond acceptors (Lipinski definition) is 5. The molecule has 0 fully saturated rings. The predicted molar refractivity (Wildman–Crippen MR) is 71.6 cm³/mol. The summed E-state index contributed by atoms with van der Waals surface area (Å²) in [5.41, 5.74) is 7.31. The van der Waals surface area contributed by atoms with Crippen LogP contribution in [0.4, 0.5) is 0 Å². The third-order valence-electron chi connectivity index (χ3n) is 2.07. The second-order valence-corrected chi connectivity index (χ2v) is 4.18. The van der Waals surface area contributed by atoms with Gasteiger partial charge in [-0.3, -0.25) is 10.4 Å². The van der Waals surface area contributed by atoms with Crippen LogP contribution in [0, 0.1) is 16.7 Å². The molecule has 0 unspecified atom stereocenters. The molecule has 3 N–H and O–H groups in total. The number of halogens is 1. The van der Waals surface area contributed by atoms with Gasteiger partial charge in [0.25, 0.3) is 0 Å². The molecule has 4 nitrogen and oxygen atoms in total. The summed E-state index contributed by atoms with van der Waals surface area (Å²) in [5.74, 6) is 0. The highest BCUT2D eigenvalue weighted by Gasteiger charge is 2.23. The minimum absolute atomic E-state index is 0. The van der Waals surface area contributed by atoms with Gasteiger partial charge in [0, 0.05) is 17.3 Å². The summed E-state index contributed by atoms with van der Waals surface area (Å²) < 4.78 is 0. The number of nitrogens with two attached hydrogens (primary N) is 1. The molecule has 1 aliphatic rings. The molecular weight excluding hydrogens is 256 g/mol. The van der Waals surface area contributed by atoms with E-state index in [1.165, 1.54) is 11.8 Å². The molecule has 0 aliphatic carbocycles. The molecule has 0 atom stereocenters. The Labute approximate surface area is 109 Å². The van der Waals surface area contributed by atoms with Crippen molar-refractivity contribution in [1.82, 2.24) is 4.98 Å². The van der Waals surface area contributed by atoms with Gasteiger partial charge in [0.2, 0.25) is 0 Å². The van der Waals surface area contributed by atoms with Crippen molar-refractivity contribution in [2.75, 3.05) is 0 Å². The molecule has 0 spiro atoms. The molecule has 2 heterocycles. The summed E-state index contributed by atoms with van der Waals surface area (Å²) in [6.07, 6.45) is 5.21. The first-order valence-corrected chi connectivity index (χ1v) is 5.32. The molecule has 1 aromatic rings. The topological polar surface area (TPSA) is 86.6 Å². The van der Waals surface area contributed by atoms with Crippen molar-refractivity contribution >= 4 is 35.3 Å². The summed E-state index contributed by atoms with van der Waals surface area (Å²) in [5, 5.41) is 16.6. The van der Waals surface area contributed by atoms with Crippen molar-refractivity contribution < 1.29 is 0 Å². The SMILES string of the molecule is Cl.N#CC1=C(N)/C(=C\c2cccnc2)SC1=N. The first-order chi connectivity index (χ1) is 7.72. The Hall–Kier alpha value is -1.77. The van der Waals surface area contributed by atoms with Gasteiger partial charge in [-0.1, -0.05) is 17.8 Å². The largest absolute Gasteiger partial charge is 0.397 e. The lowest BCUT2D eigenvalue weighted by Crippen LogP contribution is -1.98. The van der Waals surface area contributed by atoms with Gasteiger partial charge in [-0.15, -0.1) is 12.4 Å². The van der Waals surface area contributed by atoms with E-state index in [1.807, 2.05) is 24.3 Å². The van der Waals surface area contributed by atoms with E-state index in [0.29, 0.717) is 5.70 Å². The zero-order valence-corrected chi connectivity index (χ0v) is 10.3. The fourth-order valence-corrected chi connectivity index (χ4v) is 2.18. The number of pyridine rings is 1. The van der Waals surface area contributed by atoms with Crippen molar-refractivity contribution in [2.24, 2.45) is 5.73 Å². The second-order valence-electron chi connectivity index (χ2n) is 3.13. The van der Waals surface area contributed by atoms with E-state index >= 15 is 0 Å². The standard InChI is InChI=1S/C11H8N4S.ClH/c12-5-8-10(13)9(16-11(8)14)4-7-2-1-3-15-6-7;/h1-4,6,14H,13H2;1H/b9-4+,14-11?;. The Kier molecular flexibility index (Phi) is 4.32. The van der Waals surface area contributed by atoms with E-state index in [1.54, 1.807) is 12.4 Å². The number of nitrogens with zero attached hydrogens (tertiary/aromatic N) is 2. The Balaban J connectivity index is 0.00000144. The average Bonchev–Trinajstić information content (AvgIpc) is 2.55. The number of aromatic nitrogens is 1. The van der Waals surface area contributed by atoms with Crippen LogP contribution >= 0.6 is 24.2 Å². The lowest BCUT2D eigenvalue weighted by atomic mass is 10.2. The third kappa shape index (κ3) is 2.67. The van der Waals surface area contributed by atoms with Crippen LogP contribution in [0.5, 0.6) is 0 Å². The smallest absolute Gasteiger partial charge is 0.112 e. The molecule has 0 radical (unpaired) electrons. The first-order valence-electron chi connectivity index (χ1n) is 4.51. The molecule has 0 saturated heterocycles. The van der Waals surface area contributed by atoms with Gasteiger partial charge < -0.3 is 5.73 Å². The Bertz CT molecular complexity index is 542. The fraction of sp³-hybridized carbons (Fsp3) is 0. The molecule has 2 rings (SSSR count). The van der Waals surface area contributed by atoms with Gasteiger partial charge in [-0.05, 0) is 17.7 Å². The van der Waals surface area contributed by atoms with Gasteiger partial charge in [-0.2, -0.15) is 5.26 Å². The summed E-state index contributed by atoms with van der Waals surface area (Å²) in [6, 6.07) is 5.64. The van der Waals surface area contributed by atoms with E-state index in [9.17, 15) is 0 Å². The zero-order valence-electron chi connectivity index (χ0n) is 8.68. The molecule has 17 heavy (non-hydrogen) atoms. The molecule has 0 aromatic carbocycles. The van der Waals surface area contributed by atoms with E-state index < -0.39 is 0 Å². The highest BCUT2D eigenvalue weighted by atomic mass is 35.5. The van der Waals surface area contributed by atoms with Crippen LogP contribution in [-0.2, 0) is 0 Å². The number of thioether (sulfide) groups is 1. The van der Waals surface area contributed by atoms with Crippen molar-refractivity contribution in [3.8, 4) is 6.07 Å². The first kappa shape index (κ1) is 13.3. The quantitative estimate of drug-likeness (QED) is 0.815. The molecule has 86 valence electrons. The van der Waals surface area contributed by atoms with Gasteiger partial charge in [-0.25, -0.2) is 0 Å². The van der Waals surface area contributed by atoms with Crippen molar-refractivity contribution in [3.63, 3.8) is 0 Å². The van der Waals surface area contributed by atoms with Crippen molar-refractivity contribution in [2.45, 2.75) is 0 Å². The molecule has 1 aromatic heterocycles. The Morgan fingerprint density at radius 2 is 2.29 bits per heavy atom. The molecular formula is C11H9ClN4S. The number of nitrogens with one attached hydrogen (secondary N) is 1. The van der Waals surface area contributed by atoms with E-state index in [4.69, 9.17) is 16.4 Å². The third-order valence-corrected chi connectivity index (χ3v) is 3.03. The second kappa shape index (κ2) is 5.53. The van der Waals surface area contributed by atoms with Crippen LogP contribution in [0.2, 0.25) is 0 Å². The van der Waals surface area contributed by atoms with E-state index in [-0.39, 0.29) is 23.0 Å². The molecule has 0 amide bonds. The van der Waals surface area contributed by atoms with Crippen LogP contribution in [0.15, 0.2) is 40.7 Å². The molecule has 0 saturated carbocycles. The normalized spacial score (nSPS) is 16.9. The Morgan fingerprint density at radius 3 is 2.82 bits per heavy atom. The average molecular weight is 265 g/mol. The van der Waals surface area contributed by atoms with E-state index in [0.717, 1.165) is 10.5 Å². The number of rotatable bonds is 1. The summed E-state index contributed by atoms with van der Waals surface area (Å²) in [7, 11) is 0. The molecule has 0 bridgehead atoms. The number of hydrogen-bond donors (Lipinski definition) is 2. The number of nitriles is 1. The zero-order chi connectivity index (χ0) is 11.5.